The summed E-state index contributed by atoms with van der Waals surface area (Å²) in [5, 5.41) is 0. The number of ether oxygens (including phenoxy) is 2. The molecule has 0 amide bonds. The van der Waals surface area contributed by atoms with Crippen molar-refractivity contribution in [2.45, 2.75) is 46.5 Å². The molecule has 0 spiro atoms. The first-order valence-corrected chi connectivity index (χ1v) is 4.86. The summed E-state index contributed by atoms with van der Waals surface area (Å²) in [5.74, 6) is 1.23. The van der Waals surface area contributed by atoms with Crippen molar-refractivity contribution in [1.29, 1.82) is 0 Å². The summed E-state index contributed by atoms with van der Waals surface area (Å²) in [7, 11) is 0. The third-order valence-corrected chi connectivity index (χ3v) is 2.18. The van der Waals surface area contributed by atoms with E-state index in [0.29, 0.717) is 17.9 Å². The Labute approximate surface area is 75.2 Å². The van der Waals surface area contributed by atoms with E-state index in [9.17, 15) is 0 Å². The molecular weight excluding hydrogens is 152 g/mol. The van der Waals surface area contributed by atoms with E-state index in [0.717, 1.165) is 13.0 Å². The molecule has 0 aromatic rings. The first kappa shape index (κ1) is 10.0. The van der Waals surface area contributed by atoms with Crippen LogP contribution in [0.25, 0.3) is 0 Å². The molecule has 0 N–H and O–H groups in total. The lowest BCUT2D eigenvalue weighted by Gasteiger charge is -2.15. The van der Waals surface area contributed by atoms with Crippen molar-refractivity contribution in [2.24, 2.45) is 11.8 Å². The lowest BCUT2D eigenvalue weighted by atomic mass is 10.1. The van der Waals surface area contributed by atoms with E-state index in [4.69, 9.17) is 9.47 Å². The van der Waals surface area contributed by atoms with Crippen LogP contribution in [-0.2, 0) is 9.47 Å². The average Bonchev–Trinajstić information content (AvgIpc) is 2.34. The van der Waals surface area contributed by atoms with Gasteiger partial charge in [-0.25, -0.2) is 0 Å². The Morgan fingerprint density at radius 2 is 1.92 bits per heavy atom. The zero-order valence-corrected chi connectivity index (χ0v) is 8.54. The molecule has 2 unspecified atom stereocenters. The Morgan fingerprint density at radius 3 is 2.33 bits per heavy atom. The first-order valence-electron chi connectivity index (χ1n) is 4.86. The third-order valence-electron chi connectivity index (χ3n) is 2.18. The van der Waals surface area contributed by atoms with Gasteiger partial charge >= 0.3 is 0 Å². The largest absolute Gasteiger partial charge is 0.350 e. The maximum atomic E-state index is 5.71. The maximum absolute atomic E-state index is 5.71. The number of rotatable bonds is 3. The van der Waals surface area contributed by atoms with E-state index < -0.39 is 0 Å². The predicted octanol–water partition coefficient (Wildman–Crippen LogP) is 2.43. The average molecular weight is 172 g/mol. The molecule has 1 rings (SSSR count). The van der Waals surface area contributed by atoms with Crippen LogP contribution in [0.3, 0.4) is 0 Å². The lowest BCUT2D eigenvalue weighted by Crippen LogP contribution is -2.19. The zero-order valence-electron chi connectivity index (χ0n) is 8.54. The summed E-state index contributed by atoms with van der Waals surface area (Å²) in [6.07, 6.45) is 1.38. The van der Waals surface area contributed by atoms with Crippen molar-refractivity contribution in [3.63, 3.8) is 0 Å². The normalized spacial score (nSPS) is 30.5. The molecule has 2 nitrogen and oxygen atoms in total. The molecule has 0 radical (unpaired) electrons. The van der Waals surface area contributed by atoms with Gasteiger partial charge < -0.3 is 9.47 Å². The van der Waals surface area contributed by atoms with E-state index in [1.165, 1.54) is 0 Å². The van der Waals surface area contributed by atoms with Crippen LogP contribution in [0.2, 0.25) is 0 Å². The van der Waals surface area contributed by atoms with Crippen LogP contribution in [0.1, 0.15) is 34.1 Å². The van der Waals surface area contributed by atoms with Crippen molar-refractivity contribution < 1.29 is 9.47 Å². The minimum atomic E-state index is 0.0531. The Bertz CT molecular complexity index is 132. The van der Waals surface area contributed by atoms with Gasteiger partial charge in [0.2, 0.25) is 0 Å². The summed E-state index contributed by atoms with van der Waals surface area (Å²) >= 11 is 0. The molecule has 0 saturated carbocycles. The van der Waals surface area contributed by atoms with Crippen LogP contribution in [0.4, 0.5) is 0 Å². The minimum absolute atomic E-state index is 0.0531. The summed E-state index contributed by atoms with van der Waals surface area (Å²) in [6.45, 7) is 9.50. The van der Waals surface area contributed by atoms with E-state index >= 15 is 0 Å². The van der Waals surface area contributed by atoms with E-state index in [-0.39, 0.29) is 6.29 Å². The molecule has 1 aliphatic heterocycles. The molecule has 2 atom stereocenters. The highest BCUT2D eigenvalue weighted by Crippen LogP contribution is 2.22. The number of hydrogen-bond acceptors (Lipinski definition) is 2. The fourth-order valence-electron chi connectivity index (χ4n) is 1.33. The molecule has 0 bridgehead atoms. The van der Waals surface area contributed by atoms with Crippen molar-refractivity contribution >= 4 is 0 Å². The van der Waals surface area contributed by atoms with E-state index in [1.54, 1.807) is 0 Å². The smallest absolute Gasteiger partial charge is 0.158 e. The molecule has 2 heteroatoms. The van der Waals surface area contributed by atoms with Crippen LogP contribution in [0.5, 0.6) is 0 Å². The van der Waals surface area contributed by atoms with Crippen LogP contribution >= 0.6 is 0 Å². The molecule has 72 valence electrons. The third kappa shape index (κ3) is 2.76. The van der Waals surface area contributed by atoms with Gasteiger partial charge in [0.05, 0.1) is 12.7 Å². The highest BCUT2D eigenvalue weighted by Gasteiger charge is 2.28. The molecule has 1 heterocycles. The van der Waals surface area contributed by atoms with Crippen LogP contribution in [0, 0.1) is 11.8 Å². The van der Waals surface area contributed by atoms with Gasteiger partial charge in [-0.05, 0) is 11.8 Å². The van der Waals surface area contributed by atoms with Gasteiger partial charge in [0.1, 0.15) is 0 Å². The molecule has 1 aliphatic rings. The van der Waals surface area contributed by atoms with Gasteiger partial charge in [0.25, 0.3) is 0 Å². The van der Waals surface area contributed by atoms with Crippen molar-refractivity contribution in [3.05, 3.63) is 0 Å². The predicted molar refractivity (Wildman–Crippen MR) is 48.9 cm³/mol. The SMILES string of the molecule is CC(C)CC1OCC(C(C)C)O1. The molecule has 0 aromatic heterocycles. The highest BCUT2D eigenvalue weighted by molar-refractivity contribution is 4.69. The van der Waals surface area contributed by atoms with Crippen LogP contribution in [-0.4, -0.2) is 19.0 Å². The highest BCUT2D eigenvalue weighted by atomic mass is 16.7. The topological polar surface area (TPSA) is 18.5 Å². The molecule has 1 fully saturated rings. The molecular formula is C10H20O2. The van der Waals surface area contributed by atoms with Gasteiger partial charge in [-0.3, -0.25) is 0 Å². The van der Waals surface area contributed by atoms with E-state index in [1.807, 2.05) is 0 Å². The van der Waals surface area contributed by atoms with Gasteiger partial charge in [0.15, 0.2) is 6.29 Å². The minimum Gasteiger partial charge on any atom is -0.350 e. The summed E-state index contributed by atoms with van der Waals surface area (Å²) in [5.41, 5.74) is 0. The molecule has 1 saturated heterocycles. The fourth-order valence-corrected chi connectivity index (χ4v) is 1.33. The van der Waals surface area contributed by atoms with Crippen LogP contribution in [0.15, 0.2) is 0 Å². The van der Waals surface area contributed by atoms with Crippen LogP contribution < -0.4 is 0 Å². The first-order chi connectivity index (χ1) is 5.59. The zero-order chi connectivity index (χ0) is 9.14. The lowest BCUT2D eigenvalue weighted by molar-refractivity contribution is -0.0751. The summed E-state index contributed by atoms with van der Waals surface area (Å²) < 4.78 is 11.2. The molecule has 12 heavy (non-hydrogen) atoms. The Kier molecular flexibility index (Phi) is 3.53. The second-order valence-electron chi connectivity index (χ2n) is 4.31. The Balaban J connectivity index is 2.26. The van der Waals surface area contributed by atoms with Gasteiger partial charge in [-0.1, -0.05) is 27.7 Å². The van der Waals surface area contributed by atoms with Crippen molar-refractivity contribution in [3.8, 4) is 0 Å². The summed E-state index contributed by atoms with van der Waals surface area (Å²) in [6, 6.07) is 0. The Morgan fingerprint density at radius 1 is 1.25 bits per heavy atom. The Hall–Kier alpha value is -0.0800. The molecule has 0 aromatic carbocycles. The second kappa shape index (κ2) is 4.24. The van der Waals surface area contributed by atoms with Gasteiger partial charge in [-0.2, -0.15) is 0 Å². The summed E-state index contributed by atoms with van der Waals surface area (Å²) in [4.78, 5) is 0. The maximum Gasteiger partial charge on any atom is 0.158 e. The fraction of sp³-hybridized carbons (Fsp3) is 1.00. The van der Waals surface area contributed by atoms with E-state index in [2.05, 4.69) is 27.7 Å². The van der Waals surface area contributed by atoms with Crippen molar-refractivity contribution in [2.75, 3.05) is 6.61 Å². The monoisotopic (exact) mass is 172 g/mol. The standard InChI is InChI=1S/C10H20O2/c1-7(2)5-10-11-6-9(12-10)8(3)4/h7-10H,5-6H2,1-4H3. The molecule has 0 aliphatic carbocycles. The number of hydrogen-bond donors (Lipinski definition) is 0. The van der Waals surface area contributed by atoms with Gasteiger partial charge in [-0.15, -0.1) is 0 Å². The van der Waals surface area contributed by atoms with Crippen molar-refractivity contribution in [1.82, 2.24) is 0 Å². The quantitative estimate of drug-likeness (QED) is 0.651. The second-order valence-corrected chi connectivity index (χ2v) is 4.31. The van der Waals surface area contributed by atoms with Gasteiger partial charge in [0, 0.05) is 6.42 Å².